The summed E-state index contributed by atoms with van der Waals surface area (Å²) < 4.78 is 17.0. The molecule has 0 saturated carbocycles. The third-order valence-corrected chi connectivity index (χ3v) is 3.80. The number of ketones is 1. The number of rotatable bonds is 11. The fourth-order valence-electron chi connectivity index (χ4n) is 2.53. The molecule has 0 bridgehead atoms. The second kappa shape index (κ2) is 10.8. The first-order valence-corrected chi connectivity index (χ1v) is 8.62. The number of carbonyl (C=O) groups excluding carboxylic acids is 1. The lowest BCUT2D eigenvalue weighted by Gasteiger charge is -2.23. The molecule has 2 rings (SSSR count). The minimum absolute atomic E-state index is 0.00572. The van der Waals surface area contributed by atoms with Crippen LogP contribution >= 0.6 is 0 Å². The van der Waals surface area contributed by atoms with Gasteiger partial charge in [0.15, 0.2) is 5.78 Å². The molecule has 0 aliphatic rings. The first-order valence-electron chi connectivity index (χ1n) is 8.62. The average molecular weight is 342 g/mol. The summed E-state index contributed by atoms with van der Waals surface area (Å²) in [5.41, 5.74) is 2.06. The Hall–Kier alpha value is -2.01. The Bertz CT molecular complexity index is 612. The van der Waals surface area contributed by atoms with Crippen molar-refractivity contribution >= 4 is 5.78 Å². The summed E-state index contributed by atoms with van der Waals surface area (Å²) in [6.07, 6.45) is -0.961. The Kier molecular flexibility index (Phi) is 8.32. The summed E-state index contributed by atoms with van der Waals surface area (Å²) in [4.78, 5) is 12.5. The van der Waals surface area contributed by atoms with E-state index in [1.54, 1.807) is 0 Å². The molecule has 25 heavy (non-hydrogen) atoms. The van der Waals surface area contributed by atoms with E-state index in [9.17, 15) is 4.79 Å². The van der Waals surface area contributed by atoms with E-state index in [-0.39, 0.29) is 18.5 Å². The zero-order chi connectivity index (χ0) is 17.9. The maximum Gasteiger partial charge on any atom is 0.189 e. The molecule has 2 aromatic carbocycles. The van der Waals surface area contributed by atoms with Gasteiger partial charge >= 0.3 is 0 Å². The van der Waals surface area contributed by atoms with Gasteiger partial charge in [-0.15, -0.1) is 0 Å². The monoisotopic (exact) mass is 342 g/mol. The van der Waals surface area contributed by atoms with Crippen LogP contribution < -0.4 is 0 Å². The van der Waals surface area contributed by atoms with Crippen molar-refractivity contribution < 1.29 is 19.0 Å². The number of hydrogen-bond acceptors (Lipinski definition) is 4. The number of ether oxygens (including phenoxy) is 3. The molecular weight excluding hydrogens is 316 g/mol. The van der Waals surface area contributed by atoms with E-state index < -0.39 is 6.10 Å². The van der Waals surface area contributed by atoms with E-state index >= 15 is 0 Å². The molecule has 1 unspecified atom stereocenters. The molecule has 4 heteroatoms. The number of carbonyl (C=O) groups is 1. The van der Waals surface area contributed by atoms with Gasteiger partial charge in [0.25, 0.3) is 0 Å². The highest BCUT2D eigenvalue weighted by atomic mass is 16.5. The van der Waals surface area contributed by atoms with E-state index in [4.69, 9.17) is 14.2 Å². The molecule has 0 fully saturated rings. The summed E-state index contributed by atoms with van der Waals surface area (Å²) in [7, 11) is 0. The molecule has 0 radical (unpaired) electrons. The lowest BCUT2D eigenvalue weighted by atomic mass is 10.1. The van der Waals surface area contributed by atoms with Gasteiger partial charge in [-0.2, -0.15) is 0 Å². The standard InChI is InChI=1S/C21H26O4/c1-3-24-17(2)21(25-15-19-12-8-5-9-13-19)20(22)16-23-14-18-10-6-4-7-11-18/h4-13,17,21H,3,14-16H2,1-2H3/t17?,21-/m1/s1. The Morgan fingerprint density at radius 3 is 2.00 bits per heavy atom. The van der Waals surface area contributed by atoms with Crippen LogP contribution in [0.4, 0.5) is 0 Å². The van der Waals surface area contributed by atoms with Crippen molar-refractivity contribution in [2.75, 3.05) is 13.2 Å². The lowest BCUT2D eigenvalue weighted by Crippen LogP contribution is -2.38. The van der Waals surface area contributed by atoms with Crippen molar-refractivity contribution in [2.24, 2.45) is 0 Å². The molecule has 2 aromatic rings. The number of hydrogen-bond donors (Lipinski definition) is 0. The van der Waals surface area contributed by atoms with Crippen LogP contribution in [0.25, 0.3) is 0 Å². The van der Waals surface area contributed by atoms with Gasteiger partial charge in [-0.1, -0.05) is 60.7 Å². The topological polar surface area (TPSA) is 44.8 Å². The van der Waals surface area contributed by atoms with Crippen LogP contribution in [-0.2, 0) is 32.2 Å². The zero-order valence-corrected chi connectivity index (χ0v) is 14.9. The first-order chi connectivity index (χ1) is 12.2. The van der Waals surface area contributed by atoms with Crippen LogP contribution in [-0.4, -0.2) is 31.2 Å². The molecule has 0 aromatic heterocycles. The molecule has 2 atom stereocenters. The van der Waals surface area contributed by atoms with Gasteiger partial charge in [-0.25, -0.2) is 0 Å². The quantitative estimate of drug-likeness (QED) is 0.623. The fraction of sp³-hybridized carbons (Fsp3) is 0.381. The largest absolute Gasteiger partial charge is 0.376 e. The summed E-state index contributed by atoms with van der Waals surface area (Å²) in [5.74, 6) is -0.104. The summed E-state index contributed by atoms with van der Waals surface area (Å²) >= 11 is 0. The Balaban J connectivity index is 1.88. The van der Waals surface area contributed by atoms with Gasteiger partial charge in [0.1, 0.15) is 12.7 Å². The van der Waals surface area contributed by atoms with Crippen molar-refractivity contribution in [3.8, 4) is 0 Å². The van der Waals surface area contributed by atoms with Crippen molar-refractivity contribution in [1.82, 2.24) is 0 Å². The van der Waals surface area contributed by atoms with E-state index in [1.165, 1.54) is 0 Å². The van der Waals surface area contributed by atoms with E-state index in [2.05, 4.69) is 0 Å². The molecule has 0 aliphatic carbocycles. The van der Waals surface area contributed by atoms with Crippen LogP contribution in [0, 0.1) is 0 Å². The SMILES string of the molecule is CCOC(C)[C@@H](OCc1ccccc1)C(=O)COCc1ccccc1. The van der Waals surface area contributed by atoms with E-state index in [0.717, 1.165) is 11.1 Å². The molecule has 0 amide bonds. The van der Waals surface area contributed by atoms with Crippen molar-refractivity contribution in [1.29, 1.82) is 0 Å². The van der Waals surface area contributed by atoms with Gasteiger partial charge in [0, 0.05) is 6.61 Å². The normalized spacial score (nSPS) is 13.4. The van der Waals surface area contributed by atoms with Crippen LogP contribution in [0.3, 0.4) is 0 Å². The summed E-state index contributed by atoms with van der Waals surface area (Å²) in [6, 6.07) is 19.6. The van der Waals surface area contributed by atoms with Crippen LogP contribution in [0.1, 0.15) is 25.0 Å². The molecule has 0 heterocycles. The van der Waals surface area contributed by atoms with Gasteiger partial charge in [0.05, 0.1) is 19.3 Å². The second-order valence-electron chi connectivity index (χ2n) is 5.82. The number of benzene rings is 2. The van der Waals surface area contributed by atoms with E-state index in [0.29, 0.717) is 19.8 Å². The molecule has 0 saturated heterocycles. The molecule has 134 valence electrons. The third kappa shape index (κ3) is 6.78. The van der Waals surface area contributed by atoms with Crippen LogP contribution in [0.15, 0.2) is 60.7 Å². The first kappa shape index (κ1) is 19.3. The number of Topliss-reactive ketones (excluding diaryl/α,β-unsaturated/α-hetero) is 1. The summed E-state index contributed by atoms with van der Waals surface area (Å²) in [5, 5.41) is 0. The highest BCUT2D eigenvalue weighted by Gasteiger charge is 2.26. The van der Waals surface area contributed by atoms with Crippen molar-refractivity contribution in [2.45, 2.75) is 39.3 Å². The smallest absolute Gasteiger partial charge is 0.189 e. The predicted octanol–water partition coefficient (Wildman–Crippen LogP) is 3.78. The van der Waals surface area contributed by atoms with Gasteiger partial charge in [-0.05, 0) is 25.0 Å². The third-order valence-electron chi connectivity index (χ3n) is 3.80. The van der Waals surface area contributed by atoms with Gasteiger partial charge < -0.3 is 14.2 Å². The average Bonchev–Trinajstić information content (AvgIpc) is 2.64. The van der Waals surface area contributed by atoms with E-state index in [1.807, 2.05) is 74.5 Å². The second-order valence-corrected chi connectivity index (χ2v) is 5.82. The van der Waals surface area contributed by atoms with Gasteiger partial charge in [-0.3, -0.25) is 4.79 Å². The Labute approximate surface area is 149 Å². The highest BCUT2D eigenvalue weighted by Crippen LogP contribution is 2.11. The predicted molar refractivity (Wildman–Crippen MR) is 97.2 cm³/mol. The zero-order valence-electron chi connectivity index (χ0n) is 14.9. The minimum atomic E-state index is -0.643. The summed E-state index contributed by atoms with van der Waals surface area (Å²) in [6.45, 7) is 5.07. The molecule has 0 aliphatic heterocycles. The molecular formula is C21H26O4. The molecule has 4 nitrogen and oxygen atoms in total. The van der Waals surface area contributed by atoms with Crippen LogP contribution in [0.5, 0.6) is 0 Å². The maximum absolute atomic E-state index is 12.5. The van der Waals surface area contributed by atoms with Crippen molar-refractivity contribution in [3.05, 3.63) is 71.8 Å². The highest BCUT2D eigenvalue weighted by molar-refractivity contribution is 5.84. The van der Waals surface area contributed by atoms with Crippen molar-refractivity contribution in [3.63, 3.8) is 0 Å². The van der Waals surface area contributed by atoms with Gasteiger partial charge in [0.2, 0.25) is 0 Å². The Morgan fingerprint density at radius 2 is 1.44 bits per heavy atom. The maximum atomic E-state index is 12.5. The lowest BCUT2D eigenvalue weighted by molar-refractivity contribution is -0.147. The Morgan fingerprint density at radius 1 is 0.880 bits per heavy atom. The molecule has 0 spiro atoms. The fourth-order valence-corrected chi connectivity index (χ4v) is 2.53. The minimum Gasteiger partial charge on any atom is -0.376 e. The van der Waals surface area contributed by atoms with Crippen LogP contribution in [0.2, 0.25) is 0 Å². The molecule has 0 N–H and O–H groups in total.